The summed E-state index contributed by atoms with van der Waals surface area (Å²) in [6, 6.07) is 7.69. The van der Waals surface area contributed by atoms with Gasteiger partial charge in [-0.3, -0.25) is 9.69 Å². The lowest BCUT2D eigenvalue weighted by molar-refractivity contribution is -0.155. The molecule has 0 aliphatic carbocycles. The Morgan fingerprint density at radius 3 is 2.35 bits per heavy atom. The van der Waals surface area contributed by atoms with Crippen LogP contribution >= 0.6 is 0 Å². The molecule has 0 spiro atoms. The Kier molecular flexibility index (Phi) is 6.01. The van der Waals surface area contributed by atoms with Crippen LogP contribution in [0.1, 0.15) is 31.4 Å². The predicted octanol–water partition coefficient (Wildman–Crippen LogP) is 3.48. The Morgan fingerprint density at radius 2 is 1.90 bits per heavy atom. The van der Waals surface area contributed by atoms with Gasteiger partial charge in [-0.25, -0.2) is 0 Å². The van der Waals surface area contributed by atoms with E-state index in [1.807, 2.05) is 0 Å². The molecular formula is C14H18F3NO2. The van der Waals surface area contributed by atoms with Crippen LogP contribution in [0.5, 0.6) is 0 Å². The molecule has 1 aromatic carbocycles. The number of halogens is 3. The van der Waals surface area contributed by atoms with Crippen LogP contribution in [-0.2, 0) is 4.79 Å². The number of hydrogen-bond donors (Lipinski definition) is 1. The fourth-order valence-corrected chi connectivity index (χ4v) is 2.16. The summed E-state index contributed by atoms with van der Waals surface area (Å²) in [5.74, 6) is -1.11. The number of carbonyl (C=O) groups is 1. The number of carboxylic acids is 1. The third-order valence-corrected chi connectivity index (χ3v) is 2.89. The highest BCUT2D eigenvalue weighted by Crippen LogP contribution is 2.28. The average Bonchev–Trinajstić information content (AvgIpc) is 2.35. The molecule has 0 fully saturated rings. The zero-order valence-electron chi connectivity index (χ0n) is 11.2. The normalized spacial score (nSPS) is 13.4. The van der Waals surface area contributed by atoms with Crippen molar-refractivity contribution in [2.24, 2.45) is 0 Å². The van der Waals surface area contributed by atoms with Crippen molar-refractivity contribution in [3.63, 3.8) is 0 Å². The zero-order valence-corrected chi connectivity index (χ0v) is 11.2. The standard InChI is InChI=1S/C14H18F3NO2/c1-2-8-18(10-14(15,16)17)12(9-13(19)20)11-6-4-3-5-7-11/h3-7,12H,2,8-10H2,1H3,(H,19,20). The van der Waals surface area contributed by atoms with Gasteiger partial charge in [0.25, 0.3) is 0 Å². The van der Waals surface area contributed by atoms with E-state index in [-0.39, 0.29) is 13.0 Å². The summed E-state index contributed by atoms with van der Waals surface area (Å²) >= 11 is 0. The number of aliphatic carboxylic acids is 1. The molecule has 20 heavy (non-hydrogen) atoms. The Balaban J connectivity index is 3.01. The molecule has 0 heterocycles. The molecule has 0 saturated heterocycles. The van der Waals surface area contributed by atoms with Crippen molar-refractivity contribution >= 4 is 5.97 Å². The Labute approximate surface area is 116 Å². The monoisotopic (exact) mass is 289 g/mol. The molecule has 0 bridgehead atoms. The fraction of sp³-hybridized carbons (Fsp3) is 0.500. The summed E-state index contributed by atoms with van der Waals surface area (Å²) in [6.07, 6.45) is -4.17. The summed E-state index contributed by atoms with van der Waals surface area (Å²) in [6.45, 7) is 0.867. The summed E-state index contributed by atoms with van der Waals surface area (Å²) in [5.41, 5.74) is 0.590. The summed E-state index contributed by atoms with van der Waals surface area (Å²) in [4.78, 5) is 12.1. The van der Waals surface area contributed by atoms with Crippen molar-refractivity contribution in [3.8, 4) is 0 Å². The molecular weight excluding hydrogens is 271 g/mol. The van der Waals surface area contributed by atoms with E-state index < -0.39 is 24.7 Å². The van der Waals surface area contributed by atoms with Crippen molar-refractivity contribution in [1.29, 1.82) is 0 Å². The van der Waals surface area contributed by atoms with Gasteiger partial charge in [-0.1, -0.05) is 37.3 Å². The van der Waals surface area contributed by atoms with Crippen LogP contribution in [-0.4, -0.2) is 35.2 Å². The molecule has 3 nitrogen and oxygen atoms in total. The van der Waals surface area contributed by atoms with Gasteiger partial charge in [-0.15, -0.1) is 0 Å². The maximum atomic E-state index is 12.7. The van der Waals surface area contributed by atoms with Gasteiger partial charge in [0.2, 0.25) is 0 Å². The second kappa shape index (κ2) is 7.28. The van der Waals surface area contributed by atoms with E-state index in [9.17, 15) is 18.0 Å². The van der Waals surface area contributed by atoms with Gasteiger partial charge in [-0.05, 0) is 18.5 Å². The first kappa shape index (κ1) is 16.5. The molecule has 0 aliphatic rings. The van der Waals surface area contributed by atoms with Crippen LogP contribution in [0.15, 0.2) is 30.3 Å². The number of rotatable bonds is 7. The third-order valence-electron chi connectivity index (χ3n) is 2.89. The quantitative estimate of drug-likeness (QED) is 0.835. The van der Waals surface area contributed by atoms with E-state index in [0.29, 0.717) is 12.0 Å². The van der Waals surface area contributed by atoms with Gasteiger partial charge in [0, 0.05) is 6.04 Å². The predicted molar refractivity (Wildman–Crippen MR) is 69.4 cm³/mol. The van der Waals surface area contributed by atoms with Crippen molar-refractivity contribution in [3.05, 3.63) is 35.9 Å². The molecule has 1 N–H and O–H groups in total. The van der Waals surface area contributed by atoms with Gasteiger partial charge >= 0.3 is 12.1 Å². The topological polar surface area (TPSA) is 40.5 Å². The number of benzene rings is 1. The Hall–Kier alpha value is -1.56. The number of nitrogens with zero attached hydrogens (tertiary/aromatic N) is 1. The van der Waals surface area contributed by atoms with Crippen molar-refractivity contribution < 1.29 is 23.1 Å². The first-order chi connectivity index (χ1) is 9.33. The van der Waals surface area contributed by atoms with Crippen molar-refractivity contribution in [1.82, 2.24) is 4.90 Å². The lowest BCUT2D eigenvalue weighted by Gasteiger charge is -2.31. The minimum Gasteiger partial charge on any atom is -0.481 e. The van der Waals surface area contributed by atoms with E-state index in [2.05, 4.69) is 0 Å². The molecule has 0 amide bonds. The van der Waals surface area contributed by atoms with E-state index in [1.165, 1.54) is 4.90 Å². The summed E-state index contributed by atoms with van der Waals surface area (Å²) < 4.78 is 38.0. The van der Waals surface area contributed by atoms with Crippen LogP contribution in [0, 0.1) is 0 Å². The molecule has 0 radical (unpaired) electrons. The smallest absolute Gasteiger partial charge is 0.401 e. The first-order valence-corrected chi connectivity index (χ1v) is 6.41. The molecule has 0 aromatic heterocycles. The van der Waals surface area contributed by atoms with Gasteiger partial charge in [0.1, 0.15) is 0 Å². The minimum atomic E-state index is -4.35. The lowest BCUT2D eigenvalue weighted by atomic mass is 10.0. The lowest BCUT2D eigenvalue weighted by Crippen LogP contribution is -2.38. The highest BCUT2D eigenvalue weighted by Gasteiger charge is 2.34. The fourth-order valence-electron chi connectivity index (χ4n) is 2.16. The van der Waals surface area contributed by atoms with Crippen molar-refractivity contribution in [2.45, 2.75) is 32.0 Å². The van der Waals surface area contributed by atoms with Crippen LogP contribution in [0.3, 0.4) is 0 Å². The summed E-state index contributed by atoms with van der Waals surface area (Å²) in [7, 11) is 0. The number of carboxylic acid groups (broad SMARTS) is 1. The summed E-state index contributed by atoms with van der Waals surface area (Å²) in [5, 5.41) is 8.95. The maximum absolute atomic E-state index is 12.7. The van der Waals surface area contributed by atoms with E-state index in [4.69, 9.17) is 5.11 Å². The van der Waals surface area contributed by atoms with Crippen LogP contribution < -0.4 is 0 Å². The molecule has 1 atom stereocenters. The first-order valence-electron chi connectivity index (χ1n) is 6.41. The largest absolute Gasteiger partial charge is 0.481 e. The van der Waals surface area contributed by atoms with Gasteiger partial charge in [0.15, 0.2) is 0 Å². The second-order valence-corrected chi connectivity index (χ2v) is 4.61. The Bertz CT molecular complexity index is 420. The van der Waals surface area contributed by atoms with Gasteiger partial charge < -0.3 is 5.11 Å². The average molecular weight is 289 g/mol. The molecule has 1 aromatic rings. The zero-order chi connectivity index (χ0) is 15.2. The molecule has 1 rings (SSSR count). The third kappa shape index (κ3) is 5.61. The maximum Gasteiger partial charge on any atom is 0.401 e. The molecule has 112 valence electrons. The van der Waals surface area contributed by atoms with Crippen LogP contribution in [0.2, 0.25) is 0 Å². The van der Waals surface area contributed by atoms with Crippen LogP contribution in [0.4, 0.5) is 13.2 Å². The van der Waals surface area contributed by atoms with Crippen LogP contribution in [0.25, 0.3) is 0 Å². The molecule has 0 aliphatic heterocycles. The molecule has 1 unspecified atom stereocenters. The Morgan fingerprint density at radius 1 is 1.30 bits per heavy atom. The SMILES string of the molecule is CCCN(CC(F)(F)F)C(CC(=O)O)c1ccccc1. The number of hydrogen-bond acceptors (Lipinski definition) is 2. The van der Waals surface area contributed by atoms with Crippen molar-refractivity contribution in [2.75, 3.05) is 13.1 Å². The molecule has 6 heteroatoms. The number of alkyl halides is 3. The second-order valence-electron chi connectivity index (χ2n) is 4.61. The molecule has 0 saturated carbocycles. The highest BCUT2D eigenvalue weighted by molar-refractivity contribution is 5.68. The van der Waals surface area contributed by atoms with E-state index in [0.717, 1.165) is 0 Å². The van der Waals surface area contributed by atoms with E-state index >= 15 is 0 Å². The van der Waals surface area contributed by atoms with E-state index in [1.54, 1.807) is 37.3 Å². The van der Waals surface area contributed by atoms with Gasteiger partial charge in [0.05, 0.1) is 13.0 Å². The highest BCUT2D eigenvalue weighted by atomic mass is 19.4. The van der Waals surface area contributed by atoms with Gasteiger partial charge in [-0.2, -0.15) is 13.2 Å². The minimum absolute atomic E-state index is 0.201.